The summed E-state index contributed by atoms with van der Waals surface area (Å²) >= 11 is 9.09. The van der Waals surface area contributed by atoms with Crippen molar-refractivity contribution in [2.24, 2.45) is 0 Å². The Labute approximate surface area is 149 Å². The van der Waals surface area contributed by atoms with Crippen LogP contribution in [0.1, 0.15) is 15.9 Å². The minimum absolute atomic E-state index is 0.0348. The molecule has 0 aromatic heterocycles. The molecule has 0 aliphatic carbocycles. The number of halogens is 3. The van der Waals surface area contributed by atoms with E-state index < -0.39 is 34.5 Å². The van der Waals surface area contributed by atoms with E-state index in [2.05, 4.69) is 47.8 Å². The van der Waals surface area contributed by atoms with Gasteiger partial charge in [-0.25, -0.2) is 0 Å². The number of hydrogen-bond acceptors (Lipinski definition) is 6. The van der Waals surface area contributed by atoms with Crippen molar-refractivity contribution in [2.45, 2.75) is 0 Å². The third-order valence-corrected chi connectivity index (χ3v) is 5.77. The minimum Gasteiger partial charge on any atom is -0.504 e. The molecule has 2 rings (SSSR count). The van der Waals surface area contributed by atoms with Crippen molar-refractivity contribution in [3.63, 3.8) is 0 Å². The number of carbonyl (C=O) groups is 1. The molecule has 0 aliphatic heterocycles. The zero-order chi connectivity index (χ0) is 16.8. The molecule has 0 saturated heterocycles. The highest BCUT2D eigenvalue weighted by atomic mass is 79.9. The molecule has 5 N–H and O–H groups in total. The first-order chi connectivity index (χ1) is 10.2. The van der Waals surface area contributed by atoms with Crippen molar-refractivity contribution >= 4 is 53.6 Å². The van der Waals surface area contributed by atoms with E-state index in [1.165, 1.54) is 0 Å². The molecule has 2 aromatic rings. The van der Waals surface area contributed by atoms with Gasteiger partial charge in [0.15, 0.2) is 28.8 Å². The lowest BCUT2D eigenvalue weighted by atomic mass is 10.0. The fourth-order valence-corrected chi connectivity index (χ4v) is 3.08. The molecular weight excluding hydrogens is 492 g/mol. The molecule has 0 amide bonds. The molecule has 0 fully saturated rings. The number of phenolic OH excluding ortho intramolecular Hbond substituents is 5. The van der Waals surface area contributed by atoms with Gasteiger partial charge in [0.2, 0.25) is 5.75 Å². The molecule has 0 saturated carbocycles. The van der Waals surface area contributed by atoms with Gasteiger partial charge in [0.05, 0.1) is 8.95 Å². The van der Waals surface area contributed by atoms with Gasteiger partial charge in [-0.1, -0.05) is 0 Å². The lowest BCUT2D eigenvalue weighted by Crippen LogP contribution is -2.04. The van der Waals surface area contributed by atoms with Crippen LogP contribution in [0.3, 0.4) is 0 Å². The molecule has 0 spiro atoms. The van der Waals surface area contributed by atoms with Crippen LogP contribution in [0.15, 0.2) is 25.6 Å². The van der Waals surface area contributed by atoms with Crippen LogP contribution in [0.5, 0.6) is 28.7 Å². The van der Waals surface area contributed by atoms with Crippen LogP contribution < -0.4 is 0 Å². The van der Waals surface area contributed by atoms with E-state index in [0.29, 0.717) is 0 Å². The van der Waals surface area contributed by atoms with Gasteiger partial charge in [0.1, 0.15) is 0 Å². The fraction of sp³-hybridized carbons (Fsp3) is 0. The molecule has 116 valence electrons. The summed E-state index contributed by atoms with van der Waals surface area (Å²) in [6.07, 6.45) is 0. The van der Waals surface area contributed by atoms with E-state index in [1.54, 1.807) is 0 Å². The molecule has 9 heteroatoms. The molecule has 22 heavy (non-hydrogen) atoms. The van der Waals surface area contributed by atoms with Crippen LogP contribution in [0.4, 0.5) is 0 Å². The SMILES string of the molecule is O=C(c1cc(O)c(O)c(O)c1Br)c1cc(O)c(O)c(Br)c1Br. The minimum atomic E-state index is -0.766. The van der Waals surface area contributed by atoms with Gasteiger partial charge in [-0.3, -0.25) is 4.79 Å². The Bertz CT molecular complexity index is 738. The van der Waals surface area contributed by atoms with Crippen molar-refractivity contribution in [1.29, 1.82) is 0 Å². The van der Waals surface area contributed by atoms with E-state index in [9.17, 15) is 30.3 Å². The molecule has 0 aliphatic rings. The first kappa shape index (κ1) is 16.9. The zero-order valence-corrected chi connectivity index (χ0v) is 15.2. The zero-order valence-electron chi connectivity index (χ0n) is 10.4. The molecule has 0 unspecified atom stereocenters. The van der Waals surface area contributed by atoms with Crippen molar-refractivity contribution in [3.05, 3.63) is 36.7 Å². The number of hydrogen-bond donors (Lipinski definition) is 5. The average molecular weight is 499 g/mol. The smallest absolute Gasteiger partial charge is 0.201 e. The first-order valence-corrected chi connectivity index (χ1v) is 7.92. The number of ketones is 1. The fourth-order valence-electron chi connectivity index (χ4n) is 1.70. The van der Waals surface area contributed by atoms with Gasteiger partial charge in [-0.15, -0.1) is 0 Å². The second-order valence-corrected chi connectivity index (χ2v) is 6.58. The summed E-state index contributed by atoms with van der Waals surface area (Å²) in [7, 11) is 0. The van der Waals surface area contributed by atoms with Gasteiger partial charge < -0.3 is 25.5 Å². The second kappa shape index (κ2) is 5.98. The quantitative estimate of drug-likeness (QED) is 0.318. The van der Waals surface area contributed by atoms with E-state index >= 15 is 0 Å². The third-order valence-electron chi connectivity index (χ3n) is 2.84. The predicted molar refractivity (Wildman–Crippen MR) is 87.7 cm³/mol. The monoisotopic (exact) mass is 496 g/mol. The van der Waals surface area contributed by atoms with E-state index in [0.717, 1.165) is 12.1 Å². The molecule has 0 atom stereocenters. The Kier molecular flexibility index (Phi) is 4.59. The molecule has 0 radical (unpaired) electrons. The van der Waals surface area contributed by atoms with Crippen LogP contribution >= 0.6 is 47.8 Å². The Morgan fingerprint density at radius 2 is 1.14 bits per heavy atom. The molecule has 2 aromatic carbocycles. The van der Waals surface area contributed by atoms with Crippen molar-refractivity contribution in [3.8, 4) is 28.7 Å². The lowest BCUT2D eigenvalue weighted by Gasteiger charge is -2.12. The Hall–Kier alpha value is -1.45. The molecule has 0 bridgehead atoms. The van der Waals surface area contributed by atoms with Gasteiger partial charge >= 0.3 is 0 Å². The second-order valence-electron chi connectivity index (χ2n) is 4.20. The number of benzene rings is 2. The third kappa shape index (κ3) is 2.64. The van der Waals surface area contributed by atoms with Gasteiger partial charge in [-0.2, -0.15) is 0 Å². The van der Waals surface area contributed by atoms with Crippen LogP contribution in [-0.2, 0) is 0 Å². The predicted octanol–water partition coefficient (Wildman–Crippen LogP) is 3.73. The van der Waals surface area contributed by atoms with Gasteiger partial charge in [0.25, 0.3) is 0 Å². The summed E-state index contributed by atoms with van der Waals surface area (Å²) in [5, 5.41) is 47.8. The lowest BCUT2D eigenvalue weighted by molar-refractivity contribution is 0.103. The first-order valence-electron chi connectivity index (χ1n) is 5.54. The molecular formula is C13H7Br3O6. The topological polar surface area (TPSA) is 118 Å². The maximum atomic E-state index is 12.5. The van der Waals surface area contributed by atoms with Crippen molar-refractivity contribution in [1.82, 2.24) is 0 Å². The summed E-state index contributed by atoms with van der Waals surface area (Å²) in [5.41, 5.74) is -0.183. The van der Waals surface area contributed by atoms with Crippen molar-refractivity contribution < 1.29 is 30.3 Å². The standard InChI is InChI=1S/C13H7Br3O6/c14-7-3(1-5(17)11(20)9(7)16)10(19)4-2-6(18)12(21)13(22)8(4)15/h1-2,17-18,20-22H. The highest BCUT2D eigenvalue weighted by Gasteiger charge is 2.25. The maximum Gasteiger partial charge on any atom is 0.201 e. The van der Waals surface area contributed by atoms with E-state index in [1.807, 2.05) is 0 Å². The van der Waals surface area contributed by atoms with E-state index in [4.69, 9.17) is 0 Å². The normalized spacial score (nSPS) is 10.7. The van der Waals surface area contributed by atoms with Crippen LogP contribution in [0.2, 0.25) is 0 Å². The Balaban J connectivity index is 2.69. The largest absolute Gasteiger partial charge is 0.504 e. The number of carbonyl (C=O) groups excluding carboxylic acids is 1. The summed E-state index contributed by atoms with van der Waals surface area (Å²) in [5.74, 6) is -3.79. The molecule has 6 nitrogen and oxygen atoms in total. The number of rotatable bonds is 2. The van der Waals surface area contributed by atoms with Crippen LogP contribution in [0, 0.1) is 0 Å². The van der Waals surface area contributed by atoms with Crippen LogP contribution in [0.25, 0.3) is 0 Å². The summed E-state index contributed by atoms with van der Waals surface area (Å²) < 4.78 is 0.120. The van der Waals surface area contributed by atoms with E-state index in [-0.39, 0.29) is 24.5 Å². The highest BCUT2D eigenvalue weighted by molar-refractivity contribution is 9.13. The average Bonchev–Trinajstić information content (AvgIpc) is 2.49. The number of phenols is 5. The Morgan fingerprint density at radius 1 is 0.682 bits per heavy atom. The molecule has 0 heterocycles. The van der Waals surface area contributed by atoms with Gasteiger partial charge in [0, 0.05) is 15.6 Å². The van der Waals surface area contributed by atoms with Gasteiger partial charge in [-0.05, 0) is 59.9 Å². The summed E-state index contributed by atoms with van der Waals surface area (Å²) in [4.78, 5) is 12.5. The maximum absolute atomic E-state index is 12.5. The van der Waals surface area contributed by atoms with Crippen molar-refractivity contribution in [2.75, 3.05) is 0 Å². The van der Waals surface area contributed by atoms with Crippen LogP contribution in [-0.4, -0.2) is 31.3 Å². The summed E-state index contributed by atoms with van der Waals surface area (Å²) in [6.45, 7) is 0. The summed E-state index contributed by atoms with van der Waals surface area (Å²) in [6, 6.07) is 1.99. The highest BCUT2D eigenvalue weighted by Crippen LogP contribution is 2.45. The number of aromatic hydroxyl groups is 5. The Morgan fingerprint density at radius 3 is 1.68 bits per heavy atom.